The number of hydrogen-bond donors (Lipinski definition) is 1. The first-order valence-electron chi connectivity index (χ1n) is 10.5. The number of guanidine groups is 1. The lowest BCUT2D eigenvalue weighted by Crippen LogP contribution is -2.52. The first kappa shape index (κ1) is 21.2. The van der Waals surface area contributed by atoms with Gasteiger partial charge in [0.25, 0.3) is 0 Å². The molecule has 3 aromatic rings. The minimum absolute atomic E-state index is 0.677. The Morgan fingerprint density at radius 2 is 1.90 bits per heavy atom. The summed E-state index contributed by atoms with van der Waals surface area (Å²) in [7, 11) is 1.83. The van der Waals surface area contributed by atoms with E-state index in [4.69, 9.17) is 11.6 Å². The Morgan fingerprint density at radius 1 is 1.10 bits per heavy atom. The molecule has 31 heavy (non-hydrogen) atoms. The summed E-state index contributed by atoms with van der Waals surface area (Å²) in [4.78, 5) is 18.0. The van der Waals surface area contributed by atoms with Crippen LogP contribution < -0.4 is 10.2 Å². The molecular formula is C23H28ClN7. The predicted molar refractivity (Wildman–Crippen MR) is 126 cm³/mol. The molecule has 8 heteroatoms. The van der Waals surface area contributed by atoms with E-state index in [1.165, 1.54) is 11.3 Å². The van der Waals surface area contributed by atoms with Crippen LogP contribution >= 0.6 is 11.6 Å². The second-order valence-electron chi connectivity index (χ2n) is 7.67. The summed E-state index contributed by atoms with van der Waals surface area (Å²) < 4.78 is 1.97. The highest BCUT2D eigenvalue weighted by Gasteiger charge is 2.21. The molecule has 1 fully saturated rings. The van der Waals surface area contributed by atoms with Crippen molar-refractivity contribution in [2.24, 2.45) is 4.99 Å². The van der Waals surface area contributed by atoms with Crippen molar-refractivity contribution in [3.8, 4) is 5.82 Å². The van der Waals surface area contributed by atoms with Crippen LogP contribution in [0.25, 0.3) is 5.82 Å². The summed E-state index contributed by atoms with van der Waals surface area (Å²) in [6.45, 7) is 8.45. The third kappa shape index (κ3) is 4.82. The van der Waals surface area contributed by atoms with E-state index in [0.29, 0.717) is 6.54 Å². The maximum absolute atomic E-state index is 6.21. The van der Waals surface area contributed by atoms with Crippen molar-refractivity contribution in [3.63, 3.8) is 0 Å². The number of rotatable bonds is 4. The molecule has 4 rings (SSSR count). The fourth-order valence-electron chi connectivity index (χ4n) is 3.88. The second-order valence-corrected chi connectivity index (χ2v) is 8.11. The molecule has 1 aliphatic rings. The summed E-state index contributed by atoms with van der Waals surface area (Å²) in [5.74, 6) is 2.71. The average Bonchev–Trinajstić information content (AvgIpc) is 3.22. The number of aromatic nitrogens is 3. The monoisotopic (exact) mass is 437 g/mol. The van der Waals surface area contributed by atoms with Crippen LogP contribution in [0.1, 0.15) is 17.0 Å². The molecule has 0 amide bonds. The third-order valence-electron chi connectivity index (χ3n) is 5.64. The van der Waals surface area contributed by atoms with Crippen molar-refractivity contribution in [2.45, 2.75) is 20.4 Å². The number of halogens is 1. The Kier molecular flexibility index (Phi) is 6.42. The van der Waals surface area contributed by atoms with Gasteiger partial charge in [0.1, 0.15) is 11.6 Å². The van der Waals surface area contributed by atoms with E-state index in [9.17, 15) is 0 Å². The molecule has 162 valence electrons. The zero-order valence-corrected chi connectivity index (χ0v) is 19.0. The minimum Gasteiger partial charge on any atom is -0.368 e. The largest absolute Gasteiger partial charge is 0.368 e. The van der Waals surface area contributed by atoms with Crippen molar-refractivity contribution < 1.29 is 0 Å². The predicted octanol–water partition coefficient (Wildman–Crippen LogP) is 3.44. The van der Waals surface area contributed by atoms with Crippen molar-refractivity contribution >= 4 is 23.2 Å². The van der Waals surface area contributed by atoms with E-state index >= 15 is 0 Å². The van der Waals surface area contributed by atoms with Gasteiger partial charge in [0, 0.05) is 69.1 Å². The van der Waals surface area contributed by atoms with Crippen LogP contribution in [0.3, 0.4) is 0 Å². The number of nitrogens with zero attached hydrogens (tertiary/aromatic N) is 6. The topological polar surface area (TPSA) is 61.6 Å². The maximum Gasteiger partial charge on any atom is 0.194 e. The van der Waals surface area contributed by atoms with Gasteiger partial charge in [0.05, 0.1) is 0 Å². The number of imidazole rings is 1. The molecule has 7 nitrogen and oxygen atoms in total. The average molecular weight is 438 g/mol. The molecule has 1 N–H and O–H groups in total. The van der Waals surface area contributed by atoms with Crippen LogP contribution in [0, 0.1) is 13.8 Å². The van der Waals surface area contributed by atoms with Gasteiger partial charge < -0.3 is 15.1 Å². The van der Waals surface area contributed by atoms with E-state index in [1.54, 1.807) is 6.20 Å². The lowest BCUT2D eigenvalue weighted by atomic mass is 10.1. The zero-order valence-electron chi connectivity index (χ0n) is 18.2. The van der Waals surface area contributed by atoms with Crippen LogP contribution in [0.4, 0.5) is 5.69 Å². The molecule has 0 atom stereocenters. The van der Waals surface area contributed by atoms with E-state index in [1.807, 2.05) is 43.1 Å². The molecule has 2 aromatic heterocycles. The van der Waals surface area contributed by atoms with Crippen molar-refractivity contribution in [1.82, 2.24) is 24.8 Å². The van der Waals surface area contributed by atoms with Gasteiger partial charge in [-0.05, 0) is 43.2 Å². The molecule has 0 spiro atoms. The summed E-state index contributed by atoms with van der Waals surface area (Å²) in [5.41, 5.74) is 3.58. The maximum atomic E-state index is 6.21. The molecule has 3 heterocycles. The van der Waals surface area contributed by atoms with E-state index < -0.39 is 0 Å². The Labute approximate surface area is 188 Å². The van der Waals surface area contributed by atoms with Gasteiger partial charge in [0.2, 0.25) is 0 Å². The number of benzene rings is 1. The van der Waals surface area contributed by atoms with Crippen molar-refractivity contribution in [1.29, 1.82) is 0 Å². The van der Waals surface area contributed by atoms with Gasteiger partial charge in [-0.2, -0.15) is 0 Å². The number of nitrogens with one attached hydrogen (secondary N) is 1. The quantitative estimate of drug-likeness (QED) is 0.500. The molecule has 0 bridgehead atoms. The lowest BCUT2D eigenvalue weighted by Gasteiger charge is -2.38. The fourth-order valence-corrected chi connectivity index (χ4v) is 4.05. The highest BCUT2D eigenvalue weighted by molar-refractivity contribution is 6.30. The smallest absolute Gasteiger partial charge is 0.194 e. The van der Waals surface area contributed by atoms with Gasteiger partial charge in [-0.3, -0.25) is 9.56 Å². The van der Waals surface area contributed by atoms with E-state index in [0.717, 1.165) is 54.4 Å². The highest BCUT2D eigenvalue weighted by atomic mass is 35.5. The third-order valence-corrected chi connectivity index (χ3v) is 5.87. The summed E-state index contributed by atoms with van der Waals surface area (Å²) >= 11 is 6.21. The van der Waals surface area contributed by atoms with Gasteiger partial charge in [-0.1, -0.05) is 23.7 Å². The van der Waals surface area contributed by atoms with Crippen LogP contribution in [0.2, 0.25) is 5.02 Å². The van der Waals surface area contributed by atoms with Gasteiger partial charge in [0.15, 0.2) is 5.96 Å². The summed E-state index contributed by atoms with van der Waals surface area (Å²) in [5, 5.41) is 4.25. The lowest BCUT2D eigenvalue weighted by molar-refractivity contribution is 0.372. The number of aryl methyl sites for hydroxylation is 2. The first-order chi connectivity index (χ1) is 15.0. The van der Waals surface area contributed by atoms with Crippen LogP contribution in [0.15, 0.2) is 53.9 Å². The normalized spacial score (nSPS) is 14.8. The SMILES string of the molecule is CN=C(NCc1ccc(-n2ccnc2C)nc1)N1CCN(c2cc(Cl)ccc2C)CC1. The minimum atomic E-state index is 0.677. The van der Waals surface area contributed by atoms with Gasteiger partial charge in [-0.15, -0.1) is 0 Å². The van der Waals surface area contributed by atoms with Crippen LogP contribution in [-0.4, -0.2) is 58.6 Å². The number of piperazine rings is 1. The first-order valence-corrected chi connectivity index (χ1v) is 10.8. The second kappa shape index (κ2) is 9.39. The fraction of sp³-hybridized carbons (Fsp3) is 0.348. The summed E-state index contributed by atoms with van der Waals surface area (Å²) in [6.07, 6.45) is 5.60. The van der Waals surface area contributed by atoms with E-state index in [-0.39, 0.29) is 0 Å². The standard InChI is InChI=1S/C23H28ClN7/c1-17-4-6-20(24)14-21(17)29-10-12-30(13-11-29)23(25-3)28-16-19-5-7-22(27-15-19)31-9-8-26-18(31)2/h4-9,14-15H,10-13,16H2,1-3H3,(H,25,28). The number of aliphatic imine (C=N–C) groups is 1. The molecule has 1 aliphatic heterocycles. The molecule has 0 unspecified atom stereocenters. The Balaban J connectivity index is 1.33. The van der Waals surface area contributed by atoms with Gasteiger partial charge >= 0.3 is 0 Å². The van der Waals surface area contributed by atoms with Crippen LogP contribution in [0.5, 0.6) is 0 Å². The molecule has 1 aromatic carbocycles. The van der Waals surface area contributed by atoms with E-state index in [2.05, 4.69) is 55.2 Å². The molecule has 0 saturated carbocycles. The molecular weight excluding hydrogens is 410 g/mol. The Bertz CT molecular complexity index is 1050. The van der Waals surface area contributed by atoms with Crippen molar-refractivity contribution in [2.75, 3.05) is 38.1 Å². The highest BCUT2D eigenvalue weighted by Crippen LogP contribution is 2.25. The number of pyridine rings is 1. The van der Waals surface area contributed by atoms with Crippen molar-refractivity contribution in [3.05, 3.63) is 70.9 Å². The molecule has 1 saturated heterocycles. The Hall–Kier alpha value is -3.06. The molecule has 0 aliphatic carbocycles. The Morgan fingerprint density at radius 3 is 2.55 bits per heavy atom. The summed E-state index contributed by atoms with van der Waals surface area (Å²) in [6, 6.07) is 10.2. The van der Waals surface area contributed by atoms with Crippen LogP contribution in [-0.2, 0) is 6.54 Å². The zero-order chi connectivity index (χ0) is 21.8. The number of hydrogen-bond acceptors (Lipinski definition) is 4. The number of anilines is 1. The van der Waals surface area contributed by atoms with Gasteiger partial charge in [-0.25, -0.2) is 9.97 Å². The molecule has 0 radical (unpaired) electrons.